The fraction of sp³-hybridized carbons (Fsp3) is 0.0588. The van der Waals surface area contributed by atoms with Crippen molar-refractivity contribution in [2.45, 2.75) is 0 Å². The topological polar surface area (TPSA) is 112 Å². The summed E-state index contributed by atoms with van der Waals surface area (Å²) in [7, 11) is 0. The van der Waals surface area contributed by atoms with Gasteiger partial charge in [-0.1, -0.05) is 30.3 Å². The van der Waals surface area contributed by atoms with Crippen molar-refractivity contribution >= 4 is 18.0 Å². The highest BCUT2D eigenvalue weighted by Crippen LogP contribution is 2.18. The van der Waals surface area contributed by atoms with Crippen molar-refractivity contribution in [3.8, 4) is 11.3 Å². The molecule has 2 heterocycles. The van der Waals surface area contributed by atoms with Gasteiger partial charge in [0.1, 0.15) is 0 Å². The summed E-state index contributed by atoms with van der Waals surface area (Å²) in [6.07, 6.45) is 4.48. The molecule has 126 valence electrons. The number of carbonyl (C=O) groups is 2. The smallest absolute Gasteiger partial charge is 0.287 e. The second-order valence-electron chi connectivity index (χ2n) is 5.02. The Labute approximate surface area is 142 Å². The number of aromatic amines is 1. The van der Waals surface area contributed by atoms with Gasteiger partial charge in [0.05, 0.1) is 30.9 Å². The fourth-order valence-electron chi connectivity index (χ4n) is 2.10. The van der Waals surface area contributed by atoms with Crippen LogP contribution in [-0.4, -0.2) is 34.8 Å². The minimum Gasteiger partial charge on any atom is -0.459 e. The van der Waals surface area contributed by atoms with Crippen molar-refractivity contribution in [3.05, 3.63) is 66.2 Å². The predicted octanol–water partition coefficient (Wildman–Crippen LogP) is 1.55. The van der Waals surface area contributed by atoms with E-state index in [4.69, 9.17) is 4.42 Å². The van der Waals surface area contributed by atoms with Gasteiger partial charge in [-0.2, -0.15) is 10.2 Å². The lowest BCUT2D eigenvalue weighted by Gasteiger charge is -2.02. The van der Waals surface area contributed by atoms with E-state index in [1.807, 2.05) is 30.3 Å². The molecule has 0 aliphatic carbocycles. The van der Waals surface area contributed by atoms with Gasteiger partial charge in [0.2, 0.25) is 0 Å². The highest BCUT2D eigenvalue weighted by Gasteiger charge is 2.10. The zero-order valence-corrected chi connectivity index (χ0v) is 13.1. The van der Waals surface area contributed by atoms with Crippen LogP contribution in [0.25, 0.3) is 11.3 Å². The van der Waals surface area contributed by atoms with Crippen molar-refractivity contribution in [2.75, 3.05) is 6.54 Å². The van der Waals surface area contributed by atoms with E-state index in [0.29, 0.717) is 0 Å². The van der Waals surface area contributed by atoms with Crippen LogP contribution < -0.4 is 10.7 Å². The quantitative estimate of drug-likeness (QED) is 0.468. The average Bonchev–Trinajstić information content (AvgIpc) is 3.32. The first-order valence-electron chi connectivity index (χ1n) is 7.46. The van der Waals surface area contributed by atoms with E-state index in [2.05, 4.69) is 26.0 Å². The van der Waals surface area contributed by atoms with E-state index >= 15 is 0 Å². The number of aromatic nitrogens is 2. The van der Waals surface area contributed by atoms with Gasteiger partial charge in [0.25, 0.3) is 11.8 Å². The second kappa shape index (κ2) is 7.73. The van der Waals surface area contributed by atoms with E-state index < -0.39 is 11.8 Å². The van der Waals surface area contributed by atoms with Gasteiger partial charge in [0.15, 0.2) is 5.76 Å². The molecule has 0 saturated heterocycles. The van der Waals surface area contributed by atoms with Gasteiger partial charge in [-0.25, -0.2) is 5.43 Å². The molecule has 25 heavy (non-hydrogen) atoms. The maximum atomic E-state index is 11.7. The molecule has 0 spiro atoms. The fourth-order valence-corrected chi connectivity index (χ4v) is 2.10. The van der Waals surface area contributed by atoms with Crippen LogP contribution in [0, 0.1) is 0 Å². The molecule has 2 amide bonds. The van der Waals surface area contributed by atoms with Crippen LogP contribution in [0.2, 0.25) is 0 Å². The molecule has 0 aliphatic heterocycles. The SMILES string of the molecule is O=C(CNC(=O)c1ccco1)N/N=C/c1cn[nH]c1-c1ccccc1. The summed E-state index contributed by atoms with van der Waals surface area (Å²) >= 11 is 0. The summed E-state index contributed by atoms with van der Waals surface area (Å²) in [6, 6.07) is 12.7. The molecule has 0 radical (unpaired) electrons. The van der Waals surface area contributed by atoms with E-state index in [1.54, 1.807) is 12.3 Å². The van der Waals surface area contributed by atoms with Crippen molar-refractivity contribution in [2.24, 2.45) is 5.10 Å². The Morgan fingerprint density at radius 1 is 1.20 bits per heavy atom. The number of amides is 2. The Hall–Kier alpha value is -3.68. The molecular formula is C17H15N5O3. The molecule has 3 aromatic rings. The van der Waals surface area contributed by atoms with E-state index in [1.165, 1.54) is 18.5 Å². The molecule has 0 bridgehead atoms. The first-order valence-corrected chi connectivity index (χ1v) is 7.46. The molecule has 0 unspecified atom stereocenters. The van der Waals surface area contributed by atoms with E-state index in [0.717, 1.165) is 16.8 Å². The third-order valence-corrected chi connectivity index (χ3v) is 3.28. The number of hydrogen-bond acceptors (Lipinski definition) is 5. The molecule has 3 N–H and O–H groups in total. The maximum absolute atomic E-state index is 11.7. The summed E-state index contributed by atoms with van der Waals surface area (Å²) in [5.41, 5.74) is 4.82. The van der Waals surface area contributed by atoms with Gasteiger partial charge >= 0.3 is 0 Å². The summed E-state index contributed by atoms with van der Waals surface area (Å²) in [4.78, 5) is 23.3. The van der Waals surface area contributed by atoms with Crippen molar-refractivity contribution in [1.29, 1.82) is 0 Å². The van der Waals surface area contributed by atoms with Crippen LogP contribution in [-0.2, 0) is 4.79 Å². The maximum Gasteiger partial charge on any atom is 0.287 e. The summed E-state index contributed by atoms with van der Waals surface area (Å²) < 4.78 is 4.93. The Balaban J connectivity index is 1.53. The van der Waals surface area contributed by atoms with Crippen molar-refractivity contribution < 1.29 is 14.0 Å². The number of hydrogen-bond donors (Lipinski definition) is 3. The predicted molar refractivity (Wildman–Crippen MR) is 90.8 cm³/mol. The Morgan fingerprint density at radius 3 is 2.80 bits per heavy atom. The van der Waals surface area contributed by atoms with Crippen LogP contribution in [0.5, 0.6) is 0 Å². The zero-order chi connectivity index (χ0) is 17.5. The number of furan rings is 1. The molecule has 2 aromatic heterocycles. The van der Waals surface area contributed by atoms with Crippen LogP contribution in [0.15, 0.2) is 64.4 Å². The number of nitrogens with zero attached hydrogens (tertiary/aromatic N) is 2. The molecule has 3 rings (SSSR count). The summed E-state index contributed by atoms with van der Waals surface area (Å²) in [5.74, 6) is -0.784. The van der Waals surface area contributed by atoms with Crippen molar-refractivity contribution in [3.63, 3.8) is 0 Å². The molecule has 0 fully saturated rings. The van der Waals surface area contributed by atoms with Gasteiger partial charge in [-0.05, 0) is 12.1 Å². The van der Waals surface area contributed by atoms with Gasteiger partial charge in [-0.3, -0.25) is 14.7 Å². The summed E-state index contributed by atoms with van der Waals surface area (Å²) in [6.45, 7) is -0.214. The van der Waals surface area contributed by atoms with Crippen LogP contribution >= 0.6 is 0 Å². The monoisotopic (exact) mass is 337 g/mol. The number of hydrazone groups is 1. The number of benzene rings is 1. The molecule has 8 nitrogen and oxygen atoms in total. The van der Waals surface area contributed by atoms with Gasteiger partial charge in [0, 0.05) is 11.1 Å². The number of rotatable bonds is 6. The lowest BCUT2D eigenvalue weighted by atomic mass is 10.1. The highest BCUT2D eigenvalue weighted by molar-refractivity contribution is 5.94. The molecule has 0 saturated carbocycles. The van der Waals surface area contributed by atoms with Gasteiger partial charge in [-0.15, -0.1) is 0 Å². The van der Waals surface area contributed by atoms with Crippen LogP contribution in [0.3, 0.4) is 0 Å². The van der Waals surface area contributed by atoms with Crippen LogP contribution in [0.4, 0.5) is 0 Å². The first-order chi connectivity index (χ1) is 12.2. The lowest BCUT2D eigenvalue weighted by Crippen LogP contribution is -2.34. The molecular weight excluding hydrogens is 322 g/mol. The molecule has 1 aromatic carbocycles. The van der Waals surface area contributed by atoms with E-state index in [-0.39, 0.29) is 12.3 Å². The largest absolute Gasteiger partial charge is 0.459 e. The Kier molecular flexibility index (Phi) is 5.01. The lowest BCUT2D eigenvalue weighted by molar-refractivity contribution is -0.120. The van der Waals surface area contributed by atoms with Crippen LogP contribution in [0.1, 0.15) is 16.1 Å². The third kappa shape index (κ3) is 4.20. The third-order valence-electron chi connectivity index (χ3n) is 3.28. The van der Waals surface area contributed by atoms with Gasteiger partial charge < -0.3 is 9.73 Å². The summed E-state index contributed by atoms with van der Waals surface area (Å²) in [5, 5.41) is 13.2. The minimum atomic E-state index is -0.467. The zero-order valence-electron chi connectivity index (χ0n) is 13.1. The molecule has 0 aliphatic rings. The number of nitrogens with one attached hydrogen (secondary N) is 3. The highest BCUT2D eigenvalue weighted by atomic mass is 16.3. The minimum absolute atomic E-state index is 0.141. The Morgan fingerprint density at radius 2 is 2.04 bits per heavy atom. The molecule has 8 heteroatoms. The first kappa shape index (κ1) is 16.2. The van der Waals surface area contributed by atoms with E-state index in [9.17, 15) is 9.59 Å². The standard InChI is InChI=1S/C17H15N5O3/c23-15(11-18-17(24)14-7-4-8-25-14)21-19-9-13-10-20-22-16(13)12-5-2-1-3-6-12/h1-10H,11H2,(H,18,24)(H,20,22)(H,21,23)/b19-9+. The molecule has 0 atom stereocenters. The average molecular weight is 337 g/mol. The van der Waals surface area contributed by atoms with Crippen molar-refractivity contribution in [1.82, 2.24) is 20.9 Å². The normalized spacial score (nSPS) is 10.7. The Bertz CT molecular complexity index is 869. The second-order valence-corrected chi connectivity index (χ2v) is 5.02. The number of H-pyrrole nitrogens is 1. The number of carbonyl (C=O) groups excluding carboxylic acids is 2.